The molecule has 0 amide bonds. The topological polar surface area (TPSA) is 37.3 Å². The lowest BCUT2D eigenvalue weighted by Crippen LogP contribution is -2.09. The summed E-state index contributed by atoms with van der Waals surface area (Å²) < 4.78 is 0. The van der Waals surface area contributed by atoms with Gasteiger partial charge in [0.05, 0.1) is 5.92 Å². The van der Waals surface area contributed by atoms with Gasteiger partial charge in [-0.05, 0) is 17.9 Å². The van der Waals surface area contributed by atoms with E-state index in [9.17, 15) is 4.79 Å². The molecule has 1 heterocycles. The number of rotatable bonds is 4. The van der Waals surface area contributed by atoms with Crippen LogP contribution in [-0.2, 0) is 4.79 Å². The van der Waals surface area contributed by atoms with Gasteiger partial charge in [0.15, 0.2) is 0 Å². The Morgan fingerprint density at radius 2 is 2.50 bits per heavy atom. The second kappa shape index (κ2) is 4.26. The fourth-order valence-corrected chi connectivity index (χ4v) is 2.02. The monoisotopic (exact) mass is 184 g/mol. The SMILES string of the molecule is CCC[C@@H](C(=O)O)c1cccs1. The maximum Gasteiger partial charge on any atom is 0.311 e. The molecule has 1 N–H and O–H groups in total. The minimum atomic E-state index is -0.709. The van der Waals surface area contributed by atoms with Crippen molar-refractivity contribution in [2.45, 2.75) is 25.7 Å². The summed E-state index contributed by atoms with van der Waals surface area (Å²) in [4.78, 5) is 11.8. The summed E-state index contributed by atoms with van der Waals surface area (Å²) in [5, 5.41) is 10.8. The van der Waals surface area contributed by atoms with Crippen LogP contribution in [0.4, 0.5) is 0 Å². The number of hydrogen-bond donors (Lipinski definition) is 1. The van der Waals surface area contributed by atoms with E-state index >= 15 is 0 Å². The molecule has 1 aromatic rings. The molecule has 0 aliphatic heterocycles. The Labute approximate surface area is 75.9 Å². The van der Waals surface area contributed by atoms with Crippen molar-refractivity contribution in [1.29, 1.82) is 0 Å². The van der Waals surface area contributed by atoms with Crippen LogP contribution >= 0.6 is 11.3 Å². The third-order valence-corrected chi connectivity index (χ3v) is 2.75. The molecule has 0 saturated carbocycles. The zero-order valence-corrected chi connectivity index (χ0v) is 7.80. The standard InChI is InChI=1S/C9H12O2S/c1-2-4-7(9(10)11)8-5-3-6-12-8/h3,5-7H,2,4H2,1H3,(H,10,11)/t7-/m1/s1. The number of carbonyl (C=O) groups is 1. The van der Waals surface area contributed by atoms with Crippen LogP contribution < -0.4 is 0 Å². The van der Waals surface area contributed by atoms with E-state index < -0.39 is 5.97 Å². The van der Waals surface area contributed by atoms with E-state index in [0.29, 0.717) is 0 Å². The minimum absolute atomic E-state index is 0.296. The maximum absolute atomic E-state index is 10.8. The van der Waals surface area contributed by atoms with Gasteiger partial charge in [0.2, 0.25) is 0 Å². The van der Waals surface area contributed by atoms with Crippen LogP contribution in [0.15, 0.2) is 17.5 Å². The quantitative estimate of drug-likeness (QED) is 0.781. The molecule has 0 bridgehead atoms. The molecule has 0 aliphatic rings. The number of thiophene rings is 1. The lowest BCUT2D eigenvalue weighted by Gasteiger charge is -2.07. The normalized spacial score (nSPS) is 12.8. The second-order valence-electron chi connectivity index (χ2n) is 2.69. The molecule has 1 atom stereocenters. The van der Waals surface area contributed by atoms with E-state index in [4.69, 9.17) is 5.11 Å². The first-order valence-corrected chi connectivity index (χ1v) is 4.90. The molecule has 0 aliphatic carbocycles. The van der Waals surface area contributed by atoms with Gasteiger partial charge in [0.25, 0.3) is 0 Å². The summed E-state index contributed by atoms with van der Waals surface area (Å²) in [7, 11) is 0. The highest BCUT2D eigenvalue weighted by atomic mass is 32.1. The number of hydrogen-bond acceptors (Lipinski definition) is 2. The summed E-state index contributed by atoms with van der Waals surface area (Å²) in [6.07, 6.45) is 1.64. The molecule has 0 aromatic carbocycles. The molecular weight excluding hydrogens is 172 g/mol. The Bertz CT molecular complexity index is 241. The zero-order valence-electron chi connectivity index (χ0n) is 6.99. The molecule has 0 saturated heterocycles. The zero-order chi connectivity index (χ0) is 8.97. The number of carboxylic acid groups (broad SMARTS) is 1. The molecule has 12 heavy (non-hydrogen) atoms. The Morgan fingerprint density at radius 1 is 1.75 bits per heavy atom. The average molecular weight is 184 g/mol. The van der Waals surface area contributed by atoms with Crippen LogP contribution in [-0.4, -0.2) is 11.1 Å². The summed E-state index contributed by atoms with van der Waals surface area (Å²) in [5.74, 6) is -1.01. The summed E-state index contributed by atoms with van der Waals surface area (Å²) in [6, 6.07) is 3.78. The lowest BCUT2D eigenvalue weighted by atomic mass is 10.0. The first kappa shape index (κ1) is 9.26. The van der Waals surface area contributed by atoms with Crippen LogP contribution in [0, 0.1) is 0 Å². The van der Waals surface area contributed by atoms with E-state index in [1.165, 1.54) is 11.3 Å². The highest BCUT2D eigenvalue weighted by molar-refractivity contribution is 7.10. The van der Waals surface area contributed by atoms with Gasteiger partial charge in [0, 0.05) is 4.88 Å². The average Bonchev–Trinajstić information content (AvgIpc) is 2.51. The van der Waals surface area contributed by atoms with Crippen molar-refractivity contribution < 1.29 is 9.90 Å². The molecule has 66 valence electrons. The Balaban J connectivity index is 2.73. The maximum atomic E-state index is 10.8. The van der Waals surface area contributed by atoms with E-state index in [-0.39, 0.29) is 5.92 Å². The second-order valence-corrected chi connectivity index (χ2v) is 3.67. The minimum Gasteiger partial charge on any atom is -0.481 e. The van der Waals surface area contributed by atoms with Gasteiger partial charge in [0.1, 0.15) is 0 Å². The first-order chi connectivity index (χ1) is 5.75. The molecule has 2 nitrogen and oxygen atoms in total. The van der Waals surface area contributed by atoms with Crippen molar-refractivity contribution in [3.05, 3.63) is 22.4 Å². The summed E-state index contributed by atoms with van der Waals surface area (Å²) in [5.41, 5.74) is 0. The number of aliphatic carboxylic acids is 1. The fourth-order valence-electron chi connectivity index (χ4n) is 1.17. The van der Waals surface area contributed by atoms with Crippen molar-refractivity contribution in [3.8, 4) is 0 Å². The Kier molecular flexibility index (Phi) is 3.29. The molecule has 1 aromatic heterocycles. The smallest absolute Gasteiger partial charge is 0.311 e. The van der Waals surface area contributed by atoms with Gasteiger partial charge >= 0.3 is 5.97 Å². The van der Waals surface area contributed by atoms with Crippen molar-refractivity contribution in [1.82, 2.24) is 0 Å². The van der Waals surface area contributed by atoms with Crippen LogP contribution in [0.2, 0.25) is 0 Å². The van der Waals surface area contributed by atoms with Gasteiger partial charge in [-0.25, -0.2) is 0 Å². The van der Waals surface area contributed by atoms with Crippen LogP contribution in [0.5, 0.6) is 0 Å². The highest BCUT2D eigenvalue weighted by Gasteiger charge is 2.18. The van der Waals surface area contributed by atoms with E-state index in [1.54, 1.807) is 0 Å². The van der Waals surface area contributed by atoms with Crippen LogP contribution in [0.1, 0.15) is 30.6 Å². The van der Waals surface area contributed by atoms with E-state index in [0.717, 1.165) is 17.7 Å². The van der Waals surface area contributed by atoms with Crippen molar-refractivity contribution >= 4 is 17.3 Å². The molecule has 3 heteroatoms. The summed E-state index contributed by atoms with van der Waals surface area (Å²) in [6.45, 7) is 2.00. The van der Waals surface area contributed by atoms with Gasteiger partial charge < -0.3 is 5.11 Å². The molecule has 0 unspecified atom stereocenters. The molecule has 0 spiro atoms. The van der Waals surface area contributed by atoms with E-state index in [1.807, 2.05) is 24.4 Å². The number of carboxylic acids is 1. The fraction of sp³-hybridized carbons (Fsp3) is 0.444. The van der Waals surface area contributed by atoms with Gasteiger partial charge in [-0.15, -0.1) is 11.3 Å². The Hall–Kier alpha value is -0.830. The third-order valence-electron chi connectivity index (χ3n) is 1.76. The largest absolute Gasteiger partial charge is 0.481 e. The highest BCUT2D eigenvalue weighted by Crippen LogP contribution is 2.25. The van der Waals surface area contributed by atoms with Crippen LogP contribution in [0.25, 0.3) is 0 Å². The molecular formula is C9H12O2S. The molecule has 0 radical (unpaired) electrons. The van der Waals surface area contributed by atoms with Crippen LogP contribution in [0.3, 0.4) is 0 Å². The van der Waals surface area contributed by atoms with Crippen molar-refractivity contribution in [2.75, 3.05) is 0 Å². The predicted molar refractivity (Wildman–Crippen MR) is 49.6 cm³/mol. The van der Waals surface area contributed by atoms with Gasteiger partial charge in [-0.1, -0.05) is 19.4 Å². The summed E-state index contributed by atoms with van der Waals surface area (Å²) >= 11 is 1.52. The third kappa shape index (κ3) is 2.08. The van der Waals surface area contributed by atoms with Gasteiger partial charge in [-0.3, -0.25) is 4.79 Å². The van der Waals surface area contributed by atoms with E-state index in [2.05, 4.69) is 0 Å². The Morgan fingerprint density at radius 3 is 2.92 bits per heavy atom. The van der Waals surface area contributed by atoms with Crippen molar-refractivity contribution in [2.24, 2.45) is 0 Å². The lowest BCUT2D eigenvalue weighted by molar-refractivity contribution is -0.138. The van der Waals surface area contributed by atoms with Gasteiger partial charge in [-0.2, -0.15) is 0 Å². The first-order valence-electron chi connectivity index (χ1n) is 4.02. The molecule has 1 rings (SSSR count). The molecule has 0 fully saturated rings. The predicted octanol–water partition coefficient (Wildman–Crippen LogP) is 2.72. The van der Waals surface area contributed by atoms with Crippen molar-refractivity contribution in [3.63, 3.8) is 0 Å².